The maximum Gasteiger partial charge on any atom is 0.338 e. The van der Waals surface area contributed by atoms with Crippen LogP contribution < -0.4 is 5.32 Å². The number of nitrogens with one attached hydrogen (secondary N) is 1. The highest BCUT2D eigenvalue weighted by molar-refractivity contribution is 8.01. The normalized spacial score (nSPS) is 10.7. The summed E-state index contributed by atoms with van der Waals surface area (Å²) in [5.74, 6) is -0.934. The quantitative estimate of drug-likeness (QED) is 0.404. The van der Waals surface area contributed by atoms with Crippen LogP contribution in [-0.4, -0.2) is 34.9 Å². The Labute approximate surface area is 164 Å². The number of nitrogens with zero attached hydrogens (tertiary/aromatic N) is 2. The number of amides is 1. The van der Waals surface area contributed by atoms with E-state index in [0.717, 1.165) is 23.5 Å². The van der Waals surface area contributed by atoms with E-state index in [9.17, 15) is 19.7 Å². The summed E-state index contributed by atoms with van der Waals surface area (Å²) in [6.45, 7) is 5.76. The van der Waals surface area contributed by atoms with Crippen molar-refractivity contribution < 1.29 is 19.2 Å². The van der Waals surface area contributed by atoms with Crippen LogP contribution in [0.5, 0.6) is 0 Å². The SMILES string of the molecule is Cc1csc(Sc2ccc(C(=O)OCC(=O)NCC(C)C)cc2[N+](=O)[O-])n1. The molecule has 1 heterocycles. The van der Waals surface area contributed by atoms with E-state index >= 15 is 0 Å². The van der Waals surface area contributed by atoms with E-state index in [-0.39, 0.29) is 17.2 Å². The van der Waals surface area contributed by atoms with Crippen molar-refractivity contribution in [2.75, 3.05) is 13.2 Å². The highest BCUT2D eigenvalue weighted by Gasteiger charge is 2.20. The minimum atomic E-state index is -0.792. The number of benzene rings is 1. The lowest BCUT2D eigenvalue weighted by Crippen LogP contribution is -2.31. The summed E-state index contributed by atoms with van der Waals surface area (Å²) in [5, 5.41) is 15.8. The Morgan fingerprint density at radius 1 is 1.41 bits per heavy atom. The van der Waals surface area contributed by atoms with Gasteiger partial charge in [0.15, 0.2) is 10.9 Å². The molecule has 0 radical (unpaired) electrons. The zero-order valence-corrected chi connectivity index (χ0v) is 16.7. The zero-order chi connectivity index (χ0) is 20.0. The van der Waals surface area contributed by atoms with Crippen LogP contribution in [0.1, 0.15) is 29.9 Å². The Morgan fingerprint density at radius 3 is 2.74 bits per heavy atom. The molecule has 0 unspecified atom stereocenters. The Morgan fingerprint density at radius 2 is 2.15 bits per heavy atom. The molecule has 1 aromatic carbocycles. The van der Waals surface area contributed by atoms with Crippen molar-refractivity contribution in [3.63, 3.8) is 0 Å². The Kier molecular flexibility index (Phi) is 7.31. The van der Waals surface area contributed by atoms with Gasteiger partial charge < -0.3 is 10.1 Å². The Bertz CT molecular complexity index is 851. The summed E-state index contributed by atoms with van der Waals surface area (Å²) in [6, 6.07) is 4.07. The van der Waals surface area contributed by atoms with Gasteiger partial charge in [-0.05, 0) is 25.0 Å². The summed E-state index contributed by atoms with van der Waals surface area (Å²) in [5.41, 5.74) is 0.630. The molecule has 2 rings (SSSR count). The molecule has 0 aliphatic heterocycles. The largest absolute Gasteiger partial charge is 0.452 e. The van der Waals surface area contributed by atoms with Crippen molar-refractivity contribution in [1.82, 2.24) is 10.3 Å². The second kappa shape index (κ2) is 9.47. The van der Waals surface area contributed by atoms with Gasteiger partial charge in [-0.15, -0.1) is 11.3 Å². The topological polar surface area (TPSA) is 111 Å². The lowest BCUT2D eigenvalue weighted by atomic mass is 10.2. The van der Waals surface area contributed by atoms with Crippen molar-refractivity contribution in [3.8, 4) is 0 Å². The summed E-state index contributed by atoms with van der Waals surface area (Å²) >= 11 is 2.55. The molecule has 0 fully saturated rings. The molecule has 2 aromatic rings. The first-order valence-corrected chi connectivity index (χ1v) is 9.78. The number of carbonyl (C=O) groups is 2. The zero-order valence-electron chi connectivity index (χ0n) is 15.1. The fourth-order valence-electron chi connectivity index (χ4n) is 1.93. The van der Waals surface area contributed by atoms with Crippen molar-refractivity contribution in [3.05, 3.63) is 45.0 Å². The third kappa shape index (κ3) is 6.33. The number of esters is 1. The van der Waals surface area contributed by atoms with Crippen LogP contribution in [-0.2, 0) is 9.53 Å². The van der Waals surface area contributed by atoms with Crippen LogP contribution in [0.25, 0.3) is 0 Å². The molecule has 0 saturated carbocycles. The number of hydrogen-bond acceptors (Lipinski definition) is 8. The Hall–Kier alpha value is -2.46. The first kappa shape index (κ1) is 20.8. The predicted octanol–water partition coefficient (Wildman–Crippen LogP) is 3.44. The molecule has 0 atom stereocenters. The van der Waals surface area contributed by atoms with E-state index in [1.165, 1.54) is 23.5 Å². The fourth-order valence-corrected chi connectivity index (χ4v) is 3.81. The molecular weight excluding hydrogens is 390 g/mol. The van der Waals surface area contributed by atoms with Crippen LogP contribution in [0.15, 0.2) is 32.8 Å². The maximum atomic E-state index is 12.1. The van der Waals surface area contributed by atoms with Crippen molar-refractivity contribution in [2.24, 2.45) is 5.92 Å². The van der Waals surface area contributed by atoms with Crippen molar-refractivity contribution in [1.29, 1.82) is 0 Å². The first-order chi connectivity index (χ1) is 12.8. The molecule has 0 bridgehead atoms. The molecule has 8 nitrogen and oxygen atoms in total. The van der Waals surface area contributed by atoms with E-state index in [0.29, 0.717) is 15.8 Å². The third-order valence-corrected chi connectivity index (χ3v) is 5.35. The predicted molar refractivity (Wildman–Crippen MR) is 102 cm³/mol. The number of nitro benzene ring substituents is 1. The van der Waals surface area contributed by atoms with Gasteiger partial charge in [-0.2, -0.15) is 0 Å². The second-order valence-corrected chi connectivity index (χ2v) is 8.22. The molecule has 1 aromatic heterocycles. The smallest absolute Gasteiger partial charge is 0.338 e. The number of nitro groups is 1. The summed E-state index contributed by atoms with van der Waals surface area (Å²) in [4.78, 5) is 39.2. The monoisotopic (exact) mass is 409 g/mol. The Balaban J connectivity index is 2.06. The number of hydrogen-bond donors (Lipinski definition) is 1. The minimum absolute atomic E-state index is 0.0121. The van der Waals surface area contributed by atoms with Crippen LogP contribution in [0.2, 0.25) is 0 Å². The van der Waals surface area contributed by atoms with Gasteiger partial charge in [0.25, 0.3) is 11.6 Å². The van der Waals surface area contributed by atoms with Gasteiger partial charge in [0.2, 0.25) is 0 Å². The van der Waals surface area contributed by atoms with Gasteiger partial charge in [-0.1, -0.05) is 25.6 Å². The van der Waals surface area contributed by atoms with E-state index in [1.807, 2.05) is 26.2 Å². The highest BCUT2D eigenvalue weighted by atomic mass is 32.2. The number of aryl methyl sites for hydroxylation is 1. The van der Waals surface area contributed by atoms with Gasteiger partial charge in [-0.25, -0.2) is 9.78 Å². The van der Waals surface area contributed by atoms with E-state index in [2.05, 4.69) is 10.3 Å². The number of carbonyl (C=O) groups excluding carboxylic acids is 2. The molecule has 1 N–H and O–H groups in total. The van der Waals surface area contributed by atoms with Crippen LogP contribution in [0.4, 0.5) is 5.69 Å². The molecule has 144 valence electrons. The molecule has 0 aliphatic carbocycles. The van der Waals surface area contributed by atoms with E-state index in [1.54, 1.807) is 0 Å². The lowest BCUT2D eigenvalue weighted by Gasteiger charge is -2.08. The number of aromatic nitrogens is 1. The van der Waals surface area contributed by atoms with E-state index in [4.69, 9.17) is 4.74 Å². The standard InChI is InChI=1S/C17H19N3O5S2/c1-10(2)7-18-15(21)8-25-16(22)12-4-5-14(13(6-12)20(23)24)27-17-19-11(3)9-26-17/h4-6,9-10H,7-8H2,1-3H3,(H,18,21). The number of thiazole rings is 1. The average Bonchev–Trinajstić information content (AvgIpc) is 3.02. The molecule has 27 heavy (non-hydrogen) atoms. The molecule has 0 spiro atoms. The van der Waals surface area contributed by atoms with E-state index < -0.39 is 23.4 Å². The highest BCUT2D eigenvalue weighted by Crippen LogP contribution is 2.36. The average molecular weight is 409 g/mol. The van der Waals surface area contributed by atoms with Gasteiger partial charge in [0, 0.05) is 23.7 Å². The third-order valence-electron chi connectivity index (χ3n) is 3.23. The van der Waals surface area contributed by atoms with Crippen LogP contribution in [0, 0.1) is 23.0 Å². The first-order valence-electron chi connectivity index (χ1n) is 8.08. The van der Waals surface area contributed by atoms with Gasteiger partial charge >= 0.3 is 5.97 Å². The molecule has 10 heteroatoms. The van der Waals surface area contributed by atoms with Gasteiger partial charge in [-0.3, -0.25) is 14.9 Å². The van der Waals surface area contributed by atoms with Gasteiger partial charge in [0.1, 0.15) is 0 Å². The lowest BCUT2D eigenvalue weighted by molar-refractivity contribution is -0.387. The number of ether oxygens (including phenoxy) is 1. The summed E-state index contributed by atoms with van der Waals surface area (Å²) < 4.78 is 5.60. The van der Waals surface area contributed by atoms with Crippen molar-refractivity contribution in [2.45, 2.75) is 30.0 Å². The molecule has 1 amide bonds. The summed E-state index contributed by atoms with van der Waals surface area (Å²) in [7, 11) is 0. The second-order valence-electron chi connectivity index (χ2n) is 6.07. The van der Waals surface area contributed by atoms with Gasteiger partial charge in [0.05, 0.1) is 15.4 Å². The minimum Gasteiger partial charge on any atom is -0.452 e. The van der Waals surface area contributed by atoms with Crippen LogP contribution in [0.3, 0.4) is 0 Å². The van der Waals surface area contributed by atoms with Crippen molar-refractivity contribution >= 4 is 40.7 Å². The maximum absolute atomic E-state index is 12.1. The van der Waals surface area contributed by atoms with Crippen LogP contribution >= 0.6 is 23.1 Å². The number of rotatable bonds is 8. The fraction of sp³-hybridized carbons (Fsp3) is 0.353. The molecular formula is C17H19N3O5S2. The molecule has 0 saturated heterocycles. The summed E-state index contributed by atoms with van der Waals surface area (Å²) in [6.07, 6.45) is 0. The molecule has 0 aliphatic rings.